The predicted molar refractivity (Wildman–Crippen MR) is 79.9 cm³/mol. The van der Waals surface area contributed by atoms with Gasteiger partial charge in [-0.2, -0.15) is 13.2 Å². The van der Waals surface area contributed by atoms with Crippen LogP contribution < -0.4 is 10.6 Å². The van der Waals surface area contributed by atoms with Gasteiger partial charge in [0.05, 0.1) is 28.5 Å². The van der Waals surface area contributed by atoms with Crippen molar-refractivity contribution in [1.82, 2.24) is 0 Å². The maximum Gasteiger partial charge on any atom is 0.416 e. The van der Waals surface area contributed by atoms with Crippen LogP contribution in [0.5, 0.6) is 0 Å². The first-order chi connectivity index (χ1) is 11.2. The zero-order valence-corrected chi connectivity index (χ0v) is 12.6. The smallest absolute Gasteiger partial charge is 0.374 e. The molecule has 2 aromatic carbocycles. The van der Waals surface area contributed by atoms with E-state index in [1.54, 1.807) is 0 Å². The van der Waals surface area contributed by atoms with Crippen LogP contribution in [0.4, 0.5) is 33.3 Å². The van der Waals surface area contributed by atoms with Crippen LogP contribution in [0.3, 0.4) is 0 Å². The number of rotatable bonds is 4. The number of alkyl halides is 3. The summed E-state index contributed by atoms with van der Waals surface area (Å²) in [5, 5.41) is 4.52. The molecular weight excluding hydrogens is 355 g/mol. The zero-order chi connectivity index (χ0) is 17.9. The second kappa shape index (κ2) is 7.04. The van der Waals surface area contributed by atoms with E-state index in [-0.39, 0.29) is 16.4 Å². The van der Waals surface area contributed by atoms with Crippen molar-refractivity contribution in [2.75, 3.05) is 17.2 Å². The third-order valence-electron chi connectivity index (χ3n) is 2.94. The van der Waals surface area contributed by atoms with Crippen LogP contribution >= 0.6 is 11.6 Å². The summed E-state index contributed by atoms with van der Waals surface area (Å²) in [6.45, 7) is -0.449. The van der Waals surface area contributed by atoms with E-state index >= 15 is 0 Å². The number of hydrogen-bond acceptors (Lipinski definition) is 2. The normalized spacial score (nSPS) is 11.2. The summed E-state index contributed by atoms with van der Waals surface area (Å²) in [5.41, 5.74) is -1.32. The highest BCUT2D eigenvalue weighted by atomic mass is 35.5. The van der Waals surface area contributed by atoms with Gasteiger partial charge in [-0.3, -0.25) is 4.79 Å². The van der Waals surface area contributed by atoms with Crippen LogP contribution in [0.15, 0.2) is 36.4 Å². The van der Waals surface area contributed by atoms with E-state index in [9.17, 15) is 26.7 Å². The van der Waals surface area contributed by atoms with Crippen molar-refractivity contribution < 1.29 is 26.7 Å². The second-order valence-corrected chi connectivity index (χ2v) is 5.13. The zero-order valence-electron chi connectivity index (χ0n) is 11.8. The van der Waals surface area contributed by atoms with Crippen molar-refractivity contribution in [2.45, 2.75) is 6.18 Å². The first-order valence-corrected chi connectivity index (χ1v) is 6.90. The quantitative estimate of drug-likeness (QED) is 0.773. The molecule has 0 bridgehead atoms. The van der Waals surface area contributed by atoms with Gasteiger partial charge in [0.25, 0.3) is 0 Å². The van der Waals surface area contributed by atoms with Gasteiger partial charge in [-0.1, -0.05) is 11.6 Å². The Kier molecular flexibility index (Phi) is 5.28. The van der Waals surface area contributed by atoms with Crippen LogP contribution in [0.2, 0.25) is 5.02 Å². The van der Waals surface area contributed by atoms with Crippen LogP contribution in [0.1, 0.15) is 5.56 Å². The van der Waals surface area contributed by atoms with Gasteiger partial charge < -0.3 is 10.6 Å². The van der Waals surface area contributed by atoms with E-state index in [2.05, 4.69) is 10.6 Å². The van der Waals surface area contributed by atoms with E-state index in [4.69, 9.17) is 11.6 Å². The van der Waals surface area contributed by atoms with Crippen molar-refractivity contribution in [2.24, 2.45) is 0 Å². The minimum Gasteiger partial charge on any atom is -0.374 e. The highest BCUT2D eigenvalue weighted by Crippen LogP contribution is 2.33. The molecule has 9 heteroatoms. The first kappa shape index (κ1) is 18.0. The van der Waals surface area contributed by atoms with Crippen LogP contribution in [0.25, 0.3) is 0 Å². The Hall–Kier alpha value is -2.35. The monoisotopic (exact) mass is 364 g/mol. The summed E-state index contributed by atoms with van der Waals surface area (Å²) in [6.07, 6.45) is -4.58. The fraction of sp³-hybridized carbons (Fsp3) is 0.133. The van der Waals surface area contributed by atoms with Crippen molar-refractivity contribution >= 4 is 28.9 Å². The lowest BCUT2D eigenvalue weighted by Crippen LogP contribution is -2.22. The van der Waals surface area contributed by atoms with Gasteiger partial charge in [-0.25, -0.2) is 8.78 Å². The van der Waals surface area contributed by atoms with Crippen molar-refractivity contribution in [1.29, 1.82) is 0 Å². The highest BCUT2D eigenvalue weighted by molar-refractivity contribution is 6.33. The number of nitrogens with one attached hydrogen (secondary N) is 2. The summed E-state index contributed by atoms with van der Waals surface area (Å²) >= 11 is 5.75. The van der Waals surface area contributed by atoms with E-state index in [0.29, 0.717) is 12.1 Å². The third kappa shape index (κ3) is 4.58. The Morgan fingerprint density at radius 2 is 1.75 bits per heavy atom. The molecule has 0 saturated heterocycles. The number of halogens is 6. The summed E-state index contributed by atoms with van der Waals surface area (Å²) in [4.78, 5) is 11.8. The average molecular weight is 365 g/mol. The van der Waals surface area contributed by atoms with Gasteiger partial charge in [0.1, 0.15) is 11.6 Å². The SMILES string of the molecule is O=C(CNc1ccc(F)cc1F)Nc1cc(C(F)(F)F)ccc1Cl. The topological polar surface area (TPSA) is 41.1 Å². The van der Waals surface area contributed by atoms with E-state index in [0.717, 1.165) is 24.3 Å². The molecule has 1 amide bonds. The molecule has 0 aliphatic rings. The molecule has 0 fully saturated rings. The Morgan fingerprint density at radius 1 is 1.04 bits per heavy atom. The molecule has 0 aliphatic heterocycles. The molecule has 0 spiro atoms. The number of hydrogen-bond donors (Lipinski definition) is 2. The lowest BCUT2D eigenvalue weighted by atomic mass is 10.2. The standard InChI is InChI=1S/C15H10ClF5N2O/c16-10-3-1-8(15(19,20)21)5-13(10)23-14(24)7-22-12-4-2-9(17)6-11(12)18/h1-6,22H,7H2,(H,23,24). The second-order valence-electron chi connectivity index (χ2n) is 4.72. The van der Waals surface area contributed by atoms with Gasteiger partial charge in [0.2, 0.25) is 5.91 Å². The molecule has 2 N–H and O–H groups in total. The molecule has 0 aliphatic carbocycles. The van der Waals surface area contributed by atoms with E-state index in [1.165, 1.54) is 0 Å². The Balaban J connectivity index is 2.04. The molecule has 0 unspecified atom stereocenters. The molecule has 2 aromatic rings. The number of anilines is 2. The predicted octanol–water partition coefficient (Wildman–Crippen LogP) is 4.69. The molecule has 128 valence electrons. The fourth-order valence-electron chi connectivity index (χ4n) is 1.80. The summed E-state index contributed by atoms with van der Waals surface area (Å²) in [6, 6.07) is 5.20. The first-order valence-electron chi connectivity index (χ1n) is 6.52. The van der Waals surface area contributed by atoms with Gasteiger partial charge in [0, 0.05) is 6.07 Å². The molecule has 0 heterocycles. The number of amides is 1. The van der Waals surface area contributed by atoms with E-state index < -0.39 is 35.8 Å². The van der Waals surface area contributed by atoms with E-state index in [1.807, 2.05) is 0 Å². The fourth-order valence-corrected chi connectivity index (χ4v) is 1.96. The molecule has 24 heavy (non-hydrogen) atoms. The van der Waals surface area contributed by atoms with Crippen molar-refractivity contribution in [3.63, 3.8) is 0 Å². The molecule has 0 atom stereocenters. The Bertz CT molecular complexity index is 764. The molecule has 0 aromatic heterocycles. The van der Waals surface area contributed by atoms with Crippen LogP contribution in [-0.4, -0.2) is 12.5 Å². The lowest BCUT2D eigenvalue weighted by Gasteiger charge is -2.12. The molecular formula is C15H10ClF5N2O. The molecule has 0 radical (unpaired) electrons. The van der Waals surface area contributed by atoms with Gasteiger partial charge in [-0.15, -0.1) is 0 Å². The maximum atomic E-state index is 13.4. The van der Waals surface area contributed by atoms with Crippen molar-refractivity contribution in [3.05, 3.63) is 58.6 Å². The average Bonchev–Trinajstić information content (AvgIpc) is 2.47. The van der Waals surface area contributed by atoms with Gasteiger partial charge in [0.15, 0.2) is 0 Å². The third-order valence-corrected chi connectivity index (χ3v) is 3.27. The summed E-state index contributed by atoms with van der Waals surface area (Å²) in [5.74, 6) is -2.43. The minimum absolute atomic E-state index is 0.0793. The van der Waals surface area contributed by atoms with Gasteiger partial charge in [-0.05, 0) is 30.3 Å². The minimum atomic E-state index is -4.58. The number of carbonyl (C=O) groups excluding carboxylic acids is 1. The highest BCUT2D eigenvalue weighted by Gasteiger charge is 2.31. The summed E-state index contributed by atoms with van der Waals surface area (Å²) < 4.78 is 64.1. The largest absolute Gasteiger partial charge is 0.416 e. The van der Waals surface area contributed by atoms with Crippen LogP contribution in [0, 0.1) is 11.6 Å². The molecule has 3 nitrogen and oxygen atoms in total. The Labute approximate surface area is 138 Å². The Morgan fingerprint density at radius 3 is 2.38 bits per heavy atom. The number of benzene rings is 2. The molecule has 2 rings (SSSR count). The van der Waals surface area contributed by atoms with Gasteiger partial charge >= 0.3 is 6.18 Å². The van der Waals surface area contributed by atoms with Crippen molar-refractivity contribution in [3.8, 4) is 0 Å². The number of carbonyl (C=O) groups is 1. The maximum absolute atomic E-state index is 13.4. The summed E-state index contributed by atoms with van der Waals surface area (Å²) in [7, 11) is 0. The lowest BCUT2D eigenvalue weighted by molar-refractivity contribution is -0.137. The molecule has 0 saturated carbocycles. The van der Waals surface area contributed by atoms with Crippen LogP contribution in [-0.2, 0) is 11.0 Å².